The van der Waals surface area contributed by atoms with Crippen LogP contribution < -0.4 is 15.6 Å². The minimum absolute atomic E-state index is 0.0211. The lowest BCUT2D eigenvalue weighted by Crippen LogP contribution is -2.34. The highest BCUT2D eigenvalue weighted by Crippen LogP contribution is 2.50. The van der Waals surface area contributed by atoms with Crippen LogP contribution in [0.1, 0.15) is 53.1 Å². The highest BCUT2D eigenvalue weighted by atomic mass is 32.2. The van der Waals surface area contributed by atoms with Crippen molar-refractivity contribution in [2.24, 2.45) is 7.05 Å². The number of benzene rings is 1. The van der Waals surface area contributed by atoms with Gasteiger partial charge in [0.05, 0.1) is 24.7 Å². The highest BCUT2D eigenvalue weighted by molar-refractivity contribution is 7.94. The first-order valence-corrected chi connectivity index (χ1v) is 14.0. The number of nitrogens with zero attached hydrogens (tertiary/aromatic N) is 3. The summed E-state index contributed by atoms with van der Waals surface area (Å²) in [6, 6.07) is 9.46. The Kier molecular flexibility index (Phi) is 5.79. The summed E-state index contributed by atoms with van der Waals surface area (Å²) in [5, 5.41) is 11.0. The van der Waals surface area contributed by atoms with Crippen LogP contribution in [0.2, 0.25) is 0 Å². The van der Waals surface area contributed by atoms with Gasteiger partial charge in [-0.15, -0.1) is 5.10 Å². The molecule has 0 unspecified atom stereocenters. The number of aromatic nitrogens is 3. The van der Waals surface area contributed by atoms with E-state index in [-0.39, 0.29) is 29.8 Å². The lowest BCUT2D eigenvalue weighted by molar-refractivity contribution is 0.00841. The highest BCUT2D eigenvalue weighted by Gasteiger charge is 2.60. The number of amides is 1. The largest absolute Gasteiger partial charge is 0.473 e. The molecule has 2 aliphatic carbocycles. The molecule has 2 saturated carbocycles. The van der Waals surface area contributed by atoms with Gasteiger partial charge < -0.3 is 19.4 Å². The van der Waals surface area contributed by atoms with Gasteiger partial charge in [0.15, 0.2) is 9.84 Å². The summed E-state index contributed by atoms with van der Waals surface area (Å²) in [7, 11) is -1.71. The Balaban J connectivity index is 1.19. The first kappa shape index (κ1) is 24.1. The predicted molar refractivity (Wildman–Crippen MR) is 135 cm³/mol. The van der Waals surface area contributed by atoms with Gasteiger partial charge in [0.2, 0.25) is 0 Å². The van der Waals surface area contributed by atoms with E-state index in [1.54, 1.807) is 0 Å². The fourth-order valence-electron chi connectivity index (χ4n) is 4.77. The fourth-order valence-corrected chi connectivity index (χ4v) is 7.13. The topological polar surface area (TPSA) is 129 Å². The number of aryl methyl sites for hydroxylation is 1. The van der Waals surface area contributed by atoms with Crippen molar-refractivity contribution in [3.05, 3.63) is 63.6 Å². The molecule has 1 aliphatic heterocycles. The van der Waals surface area contributed by atoms with Crippen LogP contribution in [0.15, 0.2) is 41.3 Å². The number of pyridine rings is 1. The van der Waals surface area contributed by atoms with Gasteiger partial charge in [0.25, 0.3) is 17.3 Å². The van der Waals surface area contributed by atoms with E-state index in [0.717, 1.165) is 18.8 Å². The minimum atomic E-state index is -3.25. The SMILES string of the molecule is Cn1c(=O)c(C(=O)NCc2ccc(C3COC3)cc2)cc2cnnc(OCC3(S(=O)(=O)C4CC4)CC3)c21. The Bertz CT molecular complexity index is 1540. The number of hydrogen-bond acceptors (Lipinski definition) is 8. The standard InChI is InChI=1S/C26H28N4O6S/c1-30-22-18(12-28-29-24(22)36-15-26(8-9-26)37(33,34)20-6-7-20)10-21(25(30)32)23(31)27-11-16-2-4-17(5-3-16)19-13-35-14-19/h2-5,10,12,19-20H,6-9,11,13-15H2,1H3,(H,27,31). The number of hydrogen-bond donors (Lipinski definition) is 1. The molecular formula is C26H28N4O6S. The molecule has 0 spiro atoms. The summed E-state index contributed by atoms with van der Waals surface area (Å²) in [6.07, 6.45) is 3.99. The number of rotatable bonds is 9. The molecule has 3 aromatic rings. The molecule has 1 amide bonds. The third-order valence-corrected chi connectivity index (χ3v) is 10.7. The van der Waals surface area contributed by atoms with Crippen molar-refractivity contribution in [1.29, 1.82) is 0 Å². The second-order valence-corrected chi connectivity index (χ2v) is 12.9. The summed E-state index contributed by atoms with van der Waals surface area (Å²) in [5.41, 5.74) is 1.97. The molecule has 1 aromatic carbocycles. The van der Waals surface area contributed by atoms with E-state index in [0.29, 0.717) is 42.5 Å². The molecular weight excluding hydrogens is 496 g/mol. The quantitative estimate of drug-likeness (QED) is 0.449. The second kappa shape index (κ2) is 8.91. The van der Waals surface area contributed by atoms with E-state index in [2.05, 4.69) is 15.5 Å². The molecule has 11 heteroatoms. The van der Waals surface area contributed by atoms with Crippen molar-refractivity contribution in [3.63, 3.8) is 0 Å². The van der Waals surface area contributed by atoms with E-state index in [1.165, 1.54) is 29.4 Å². The lowest BCUT2D eigenvalue weighted by Gasteiger charge is -2.26. The van der Waals surface area contributed by atoms with Crippen molar-refractivity contribution in [2.75, 3.05) is 19.8 Å². The molecule has 0 atom stereocenters. The molecule has 10 nitrogen and oxygen atoms in total. The number of sulfone groups is 1. The van der Waals surface area contributed by atoms with Gasteiger partial charge in [-0.05, 0) is 42.9 Å². The fraction of sp³-hybridized carbons (Fsp3) is 0.462. The van der Waals surface area contributed by atoms with Crippen LogP contribution in [-0.2, 0) is 28.2 Å². The van der Waals surface area contributed by atoms with Crippen LogP contribution in [0.5, 0.6) is 5.88 Å². The maximum Gasteiger partial charge on any atom is 0.263 e. The van der Waals surface area contributed by atoms with Crippen molar-refractivity contribution in [1.82, 2.24) is 20.1 Å². The zero-order chi connectivity index (χ0) is 25.8. The van der Waals surface area contributed by atoms with E-state index in [9.17, 15) is 18.0 Å². The van der Waals surface area contributed by atoms with Crippen LogP contribution in [0, 0.1) is 0 Å². The van der Waals surface area contributed by atoms with Crippen LogP contribution in [0.25, 0.3) is 10.9 Å². The number of fused-ring (bicyclic) bond motifs is 1. The molecule has 37 heavy (non-hydrogen) atoms. The summed E-state index contributed by atoms with van der Waals surface area (Å²) in [5.74, 6) is 0.0163. The summed E-state index contributed by atoms with van der Waals surface area (Å²) in [6.45, 7) is 1.72. The Hall–Kier alpha value is -3.31. The van der Waals surface area contributed by atoms with E-state index in [4.69, 9.17) is 9.47 Å². The van der Waals surface area contributed by atoms with E-state index < -0.39 is 26.1 Å². The van der Waals surface area contributed by atoms with Crippen LogP contribution in [-0.4, -0.2) is 58.9 Å². The van der Waals surface area contributed by atoms with Gasteiger partial charge in [0.1, 0.15) is 22.4 Å². The first-order valence-electron chi connectivity index (χ1n) is 12.5. The van der Waals surface area contributed by atoms with Crippen molar-refractivity contribution < 1.29 is 22.7 Å². The predicted octanol–water partition coefficient (Wildman–Crippen LogP) is 1.86. The molecule has 1 saturated heterocycles. The summed E-state index contributed by atoms with van der Waals surface area (Å²) in [4.78, 5) is 26.0. The number of carbonyl (C=O) groups is 1. The third kappa shape index (κ3) is 4.29. The van der Waals surface area contributed by atoms with Crippen LogP contribution >= 0.6 is 0 Å². The molecule has 3 heterocycles. The average Bonchev–Trinajstić information content (AvgIpc) is 3.77. The lowest BCUT2D eigenvalue weighted by atomic mass is 9.97. The van der Waals surface area contributed by atoms with Gasteiger partial charge in [-0.25, -0.2) is 8.42 Å². The van der Waals surface area contributed by atoms with E-state index in [1.807, 2.05) is 24.3 Å². The Morgan fingerprint density at radius 1 is 1.22 bits per heavy atom. The van der Waals surface area contributed by atoms with Crippen molar-refractivity contribution in [2.45, 2.75) is 48.1 Å². The van der Waals surface area contributed by atoms with Gasteiger partial charge >= 0.3 is 0 Å². The average molecular weight is 525 g/mol. The normalized spacial score (nSPS) is 18.8. The first-order chi connectivity index (χ1) is 17.8. The molecule has 1 N–H and O–H groups in total. The van der Waals surface area contributed by atoms with Gasteiger partial charge in [0, 0.05) is 24.9 Å². The van der Waals surface area contributed by atoms with Crippen molar-refractivity contribution >= 4 is 26.6 Å². The maximum atomic E-state index is 13.1. The van der Waals surface area contributed by atoms with Gasteiger partial charge in [-0.3, -0.25) is 9.59 Å². The van der Waals surface area contributed by atoms with E-state index >= 15 is 0 Å². The molecule has 0 radical (unpaired) electrons. The van der Waals surface area contributed by atoms with Crippen LogP contribution in [0.3, 0.4) is 0 Å². The Morgan fingerprint density at radius 3 is 2.57 bits per heavy atom. The monoisotopic (exact) mass is 524 g/mol. The molecule has 3 fully saturated rings. The van der Waals surface area contributed by atoms with Gasteiger partial charge in [-0.1, -0.05) is 24.3 Å². The molecule has 2 aromatic heterocycles. The summed E-state index contributed by atoms with van der Waals surface area (Å²) >= 11 is 0. The van der Waals surface area contributed by atoms with Crippen LogP contribution in [0.4, 0.5) is 0 Å². The summed E-state index contributed by atoms with van der Waals surface area (Å²) < 4.78 is 37.2. The molecule has 194 valence electrons. The Labute approximate surface area is 213 Å². The number of carbonyl (C=O) groups excluding carboxylic acids is 1. The third-order valence-electron chi connectivity index (χ3n) is 7.62. The smallest absolute Gasteiger partial charge is 0.263 e. The second-order valence-electron chi connectivity index (χ2n) is 10.3. The number of ether oxygens (including phenoxy) is 2. The minimum Gasteiger partial charge on any atom is -0.473 e. The zero-order valence-corrected chi connectivity index (χ0v) is 21.3. The molecule has 0 bridgehead atoms. The molecule has 6 rings (SSSR count). The van der Waals surface area contributed by atoms with Crippen molar-refractivity contribution in [3.8, 4) is 5.88 Å². The number of nitrogens with one attached hydrogen (secondary N) is 1. The maximum absolute atomic E-state index is 13.1. The van der Waals surface area contributed by atoms with Gasteiger partial charge in [-0.2, -0.15) is 5.10 Å². The Morgan fingerprint density at radius 2 is 1.95 bits per heavy atom. The zero-order valence-electron chi connectivity index (χ0n) is 20.5. The molecule has 3 aliphatic rings.